The molecule has 4 aromatic heterocycles. The van der Waals surface area contributed by atoms with E-state index in [1.807, 2.05) is 72.8 Å². The molecule has 0 aliphatic rings. The first-order valence-corrected chi connectivity index (χ1v) is 10.8. The molecule has 0 saturated carbocycles. The molecule has 4 heterocycles. The molecule has 0 amide bonds. The van der Waals surface area contributed by atoms with E-state index < -0.39 is 10.2 Å². The van der Waals surface area contributed by atoms with E-state index in [4.69, 9.17) is 30.6 Å². The van der Waals surface area contributed by atoms with Gasteiger partial charge in [0.05, 0.1) is 57.8 Å². The zero-order chi connectivity index (χ0) is 29.3. The van der Waals surface area contributed by atoms with Gasteiger partial charge in [-0.1, -0.05) is 24.3 Å². The van der Waals surface area contributed by atoms with Crippen LogP contribution < -0.4 is 0 Å². The van der Waals surface area contributed by atoms with Gasteiger partial charge in [0.15, 0.2) is 0 Å². The molecule has 0 aliphatic carbocycles. The maximum absolute atomic E-state index is 8.25. The number of rotatable bonds is 6. The molecule has 42 heavy (non-hydrogen) atoms. The monoisotopic (exact) mass is 758 g/mol. The zero-order valence-corrected chi connectivity index (χ0v) is 24.0. The molecule has 0 saturated heterocycles. The molecule has 224 valence electrons. The van der Waals surface area contributed by atoms with Crippen molar-refractivity contribution in [2.45, 2.75) is 0 Å². The van der Waals surface area contributed by atoms with E-state index in [2.05, 4.69) is 40.3 Å². The second-order valence-electron chi connectivity index (χ2n) is 6.44. The molecule has 0 bridgehead atoms. The van der Waals surface area contributed by atoms with Crippen molar-refractivity contribution in [2.24, 2.45) is 20.4 Å². The van der Waals surface area contributed by atoms with Gasteiger partial charge < -0.3 is 30.6 Å². The van der Waals surface area contributed by atoms with E-state index in [0.717, 1.165) is 22.8 Å². The Labute approximate surface area is 270 Å². The minimum absolute atomic E-state index is 0. The number of nitrogens with zero attached hydrogens (tertiary/aromatic N) is 10. The van der Waals surface area contributed by atoms with E-state index in [9.17, 15) is 0 Å². The van der Waals surface area contributed by atoms with Crippen molar-refractivity contribution in [1.82, 2.24) is 19.9 Å². The molecule has 0 N–H and O–H groups in total. The molecule has 0 spiro atoms. The van der Waals surface area contributed by atoms with E-state index in [1.165, 1.54) is 0 Å². The average molecular weight is 760 g/mol. The Kier molecular flexibility index (Phi) is 24.7. The van der Waals surface area contributed by atoms with Crippen LogP contribution in [0.25, 0.3) is 0 Å². The summed E-state index contributed by atoms with van der Waals surface area (Å²) in [5.41, 5.74) is 3.11. The summed E-state index contributed by atoms with van der Waals surface area (Å²) in [6.07, 6.45) is 13.2. The van der Waals surface area contributed by atoms with Crippen molar-refractivity contribution in [1.29, 1.82) is 0 Å². The molecule has 0 aliphatic heterocycles. The summed E-state index contributed by atoms with van der Waals surface area (Å²) in [4.78, 5) is 32.8. The van der Waals surface area contributed by atoms with Crippen molar-refractivity contribution in [3.8, 4) is 0 Å². The van der Waals surface area contributed by atoms with Gasteiger partial charge in [-0.25, -0.2) is 0 Å². The number of hydrogen-bond donors (Lipinski definition) is 0. The first kappa shape index (κ1) is 39.3. The van der Waals surface area contributed by atoms with Gasteiger partial charge in [-0.2, -0.15) is 20.4 Å². The molecule has 4 rings (SSSR count). The average Bonchev–Trinajstić information content (AvgIpc) is 2.96. The Bertz CT molecular complexity index is 1160. The van der Waals surface area contributed by atoms with Crippen LogP contribution in [0.1, 0.15) is 22.8 Å². The Balaban J connectivity index is 0. The van der Waals surface area contributed by atoms with Crippen LogP contribution in [0, 0.1) is 30.6 Å². The van der Waals surface area contributed by atoms with Gasteiger partial charge in [-0.3, -0.25) is 19.9 Å². The largest absolute Gasteiger partial charge is 1.00 e. The summed E-state index contributed by atoms with van der Waals surface area (Å²) < 4.78 is 0. The van der Waals surface area contributed by atoms with E-state index in [0.29, 0.717) is 0 Å². The Morgan fingerprint density at radius 1 is 0.452 bits per heavy atom. The minimum atomic E-state index is -1.75. The van der Waals surface area contributed by atoms with Crippen molar-refractivity contribution in [3.63, 3.8) is 0 Å². The summed E-state index contributed by atoms with van der Waals surface area (Å²) in [5, 5.41) is 45.0. The third kappa shape index (κ3) is 24.2. The van der Waals surface area contributed by atoms with Gasteiger partial charge in [0.25, 0.3) is 0 Å². The molecule has 18 heteroatoms. The smallest absolute Gasteiger partial charge is 0.356 e. The van der Waals surface area contributed by atoms with Crippen molar-refractivity contribution in [3.05, 3.63) is 151 Å². The molecule has 0 radical (unpaired) electrons. The predicted octanol–water partition coefficient (Wildman–Crippen LogP) is 3.38. The summed E-state index contributed by atoms with van der Waals surface area (Å²) in [7, 11) is 0. The van der Waals surface area contributed by atoms with Crippen molar-refractivity contribution >= 4 is 24.9 Å². The fourth-order valence-electron chi connectivity index (χ4n) is 2.18. The SMILES string of the molecule is C(=N\N=C\c1ccccn1)/c1ccccn1.C(=N\N=C\c1ccccn1)/c1ccccn1.O=[N+]([O-])[O-].O=[N+]([O-])[O-].[Ag+].[Ag+]. The molecular weight excluding hydrogens is 740 g/mol. The first-order valence-electron chi connectivity index (χ1n) is 10.8. The normalized spacial score (nSPS) is 9.71. The molecule has 4 aromatic rings. The summed E-state index contributed by atoms with van der Waals surface area (Å²) >= 11 is 0. The van der Waals surface area contributed by atoms with Gasteiger partial charge in [-0.05, 0) is 48.5 Å². The molecule has 16 nitrogen and oxygen atoms in total. The van der Waals surface area contributed by atoms with Crippen LogP contribution in [0.15, 0.2) is 118 Å². The second kappa shape index (κ2) is 26.4. The summed E-state index contributed by atoms with van der Waals surface area (Å²) in [6, 6.07) is 22.5. The van der Waals surface area contributed by atoms with Gasteiger partial charge in [-0.15, -0.1) is 0 Å². The first-order chi connectivity index (χ1) is 19.4. The molecule has 0 unspecified atom stereocenters. The Hall–Kier alpha value is -4.84. The Morgan fingerprint density at radius 3 is 0.786 bits per heavy atom. The molecular formula is C24H20Ag2N10O6. The zero-order valence-electron chi connectivity index (χ0n) is 21.1. The molecule has 0 atom stereocenters. The van der Waals surface area contributed by atoms with Crippen LogP contribution in [0.2, 0.25) is 0 Å². The van der Waals surface area contributed by atoms with Crippen LogP contribution in [0.4, 0.5) is 0 Å². The standard InChI is InChI=1S/2C12H10N4.2Ag.2NO3/c2*1-3-7-13-11(5-1)9-15-16-10-12-6-2-4-8-14-12;;;2*2-1(3)4/h2*1-10H;;;;/q;;2*+1;2*-1/b2*15-9+,16-10+;;;;. The maximum atomic E-state index is 8.25. The number of hydrogen-bond acceptors (Lipinski definition) is 14. The molecule has 0 aromatic carbocycles. The topological polar surface area (TPSA) is 233 Å². The fourth-order valence-corrected chi connectivity index (χ4v) is 2.18. The van der Waals surface area contributed by atoms with E-state index in [-0.39, 0.29) is 44.8 Å². The van der Waals surface area contributed by atoms with Crippen LogP contribution >= 0.6 is 0 Å². The third-order valence-corrected chi connectivity index (χ3v) is 3.64. The summed E-state index contributed by atoms with van der Waals surface area (Å²) in [6.45, 7) is 0. The van der Waals surface area contributed by atoms with E-state index >= 15 is 0 Å². The summed E-state index contributed by atoms with van der Waals surface area (Å²) in [5.74, 6) is 0. The van der Waals surface area contributed by atoms with Crippen molar-refractivity contribution < 1.29 is 54.9 Å². The van der Waals surface area contributed by atoms with Gasteiger partial charge in [0.1, 0.15) is 0 Å². The van der Waals surface area contributed by atoms with Crippen LogP contribution in [-0.2, 0) is 44.8 Å². The third-order valence-electron chi connectivity index (χ3n) is 3.64. The second-order valence-corrected chi connectivity index (χ2v) is 6.44. The fraction of sp³-hybridized carbons (Fsp3) is 0. The minimum Gasteiger partial charge on any atom is -0.356 e. The van der Waals surface area contributed by atoms with Gasteiger partial charge in [0, 0.05) is 24.8 Å². The van der Waals surface area contributed by atoms with Gasteiger partial charge >= 0.3 is 44.8 Å². The van der Waals surface area contributed by atoms with Gasteiger partial charge in [0.2, 0.25) is 0 Å². The number of aromatic nitrogens is 4. The van der Waals surface area contributed by atoms with Crippen molar-refractivity contribution in [2.75, 3.05) is 0 Å². The van der Waals surface area contributed by atoms with Crippen LogP contribution in [-0.4, -0.2) is 55.0 Å². The quantitative estimate of drug-likeness (QED) is 0.120. The maximum Gasteiger partial charge on any atom is 1.00 e. The van der Waals surface area contributed by atoms with E-state index in [1.54, 1.807) is 49.6 Å². The molecule has 0 fully saturated rings. The van der Waals surface area contributed by atoms with Crippen LogP contribution in [0.5, 0.6) is 0 Å². The number of pyridine rings is 4. The predicted molar refractivity (Wildman–Crippen MR) is 148 cm³/mol. The van der Waals surface area contributed by atoms with Crippen LogP contribution in [0.3, 0.4) is 0 Å². The Morgan fingerprint density at radius 2 is 0.643 bits per heavy atom.